The molecule has 0 saturated heterocycles. The molecule has 0 radical (unpaired) electrons. The summed E-state index contributed by atoms with van der Waals surface area (Å²) in [4.78, 5) is 15.5. The highest BCUT2D eigenvalue weighted by atomic mass is 16.5. The summed E-state index contributed by atoms with van der Waals surface area (Å²) in [7, 11) is 0. The normalized spacial score (nSPS) is 10.1. The van der Waals surface area contributed by atoms with E-state index >= 15 is 0 Å². The maximum atomic E-state index is 11.5. The third-order valence-electron chi connectivity index (χ3n) is 2.56. The van der Waals surface area contributed by atoms with Crippen LogP contribution >= 0.6 is 0 Å². The largest absolute Gasteiger partial charge is 0.460 e. The first-order chi connectivity index (χ1) is 9.34. The van der Waals surface area contributed by atoms with Crippen LogP contribution in [0.15, 0.2) is 54.9 Å². The fourth-order valence-electron chi connectivity index (χ4n) is 1.60. The Hall–Kier alpha value is -2.20. The standard InChI is InChI=1S/C15H16N2O2/c18-15(19-12-13-5-2-1-3-6-13)11-17-10-14-7-4-8-16-9-14/h1-9,17H,10-12H2. The zero-order chi connectivity index (χ0) is 13.3. The Morgan fingerprint density at radius 3 is 2.63 bits per heavy atom. The number of pyridine rings is 1. The molecular weight excluding hydrogens is 240 g/mol. The third kappa shape index (κ3) is 4.89. The Bertz CT molecular complexity index is 500. The quantitative estimate of drug-likeness (QED) is 0.802. The second-order valence-electron chi connectivity index (χ2n) is 4.11. The van der Waals surface area contributed by atoms with Gasteiger partial charge in [-0.1, -0.05) is 36.4 Å². The van der Waals surface area contributed by atoms with Crippen LogP contribution in [0.25, 0.3) is 0 Å². The molecule has 1 aromatic carbocycles. The zero-order valence-corrected chi connectivity index (χ0v) is 10.6. The summed E-state index contributed by atoms with van der Waals surface area (Å²) >= 11 is 0. The lowest BCUT2D eigenvalue weighted by Gasteiger charge is -2.06. The van der Waals surface area contributed by atoms with Crippen LogP contribution in [0.3, 0.4) is 0 Å². The van der Waals surface area contributed by atoms with E-state index in [1.54, 1.807) is 12.4 Å². The molecule has 0 saturated carbocycles. The first kappa shape index (κ1) is 13.2. The molecule has 0 amide bonds. The summed E-state index contributed by atoms with van der Waals surface area (Å²) in [6.07, 6.45) is 3.49. The fraction of sp³-hybridized carbons (Fsp3) is 0.200. The number of benzene rings is 1. The van der Waals surface area contributed by atoms with Crippen LogP contribution < -0.4 is 5.32 Å². The van der Waals surface area contributed by atoms with Crippen LogP contribution in [0.4, 0.5) is 0 Å². The van der Waals surface area contributed by atoms with E-state index in [4.69, 9.17) is 4.74 Å². The van der Waals surface area contributed by atoms with Gasteiger partial charge in [0.2, 0.25) is 0 Å². The smallest absolute Gasteiger partial charge is 0.320 e. The number of hydrogen-bond acceptors (Lipinski definition) is 4. The van der Waals surface area contributed by atoms with Gasteiger partial charge in [-0.15, -0.1) is 0 Å². The van der Waals surface area contributed by atoms with Gasteiger partial charge in [0.15, 0.2) is 0 Å². The Kier molecular flexibility index (Phi) is 5.07. The lowest BCUT2D eigenvalue weighted by atomic mass is 10.2. The van der Waals surface area contributed by atoms with Crippen LogP contribution in [0.1, 0.15) is 11.1 Å². The van der Waals surface area contributed by atoms with Gasteiger partial charge in [0.25, 0.3) is 0 Å². The predicted octanol–water partition coefficient (Wildman–Crippen LogP) is 1.91. The van der Waals surface area contributed by atoms with Crippen molar-refractivity contribution < 1.29 is 9.53 Å². The van der Waals surface area contributed by atoms with E-state index in [1.807, 2.05) is 42.5 Å². The van der Waals surface area contributed by atoms with Crippen LogP contribution in [0, 0.1) is 0 Å². The van der Waals surface area contributed by atoms with Gasteiger partial charge in [-0.25, -0.2) is 0 Å². The molecule has 1 aromatic heterocycles. The molecule has 4 heteroatoms. The molecule has 0 aliphatic heterocycles. The van der Waals surface area contributed by atoms with Crippen LogP contribution in [0.2, 0.25) is 0 Å². The highest BCUT2D eigenvalue weighted by Gasteiger charge is 2.02. The van der Waals surface area contributed by atoms with Crippen molar-refractivity contribution in [2.45, 2.75) is 13.2 Å². The van der Waals surface area contributed by atoms with E-state index in [0.717, 1.165) is 11.1 Å². The van der Waals surface area contributed by atoms with Crippen molar-refractivity contribution in [1.82, 2.24) is 10.3 Å². The zero-order valence-electron chi connectivity index (χ0n) is 10.6. The summed E-state index contributed by atoms with van der Waals surface area (Å²) in [5.41, 5.74) is 2.03. The van der Waals surface area contributed by atoms with Crippen molar-refractivity contribution >= 4 is 5.97 Å². The third-order valence-corrected chi connectivity index (χ3v) is 2.56. The Morgan fingerprint density at radius 2 is 1.89 bits per heavy atom. The van der Waals surface area contributed by atoms with E-state index in [9.17, 15) is 4.79 Å². The molecule has 4 nitrogen and oxygen atoms in total. The van der Waals surface area contributed by atoms with Gasteiger partial charge >= 0.3 is 5.97 Å². The average molecular weight is 256 g/mol. The monoisotopic (exact) mass is 256 g/mol. The van der Waals surface area contributed by atoms with E-state index in [1.165, 1.54) is 0 Å². The number of rotatable bonds is 6. The second kappa shape index (κ2) is 7.28. The van der Waals surface area contributed by atoms with Crippen molar-refractivity contribution in [1.29, 1.82) is 0 Å². The van der Waals surface area contributed by atoms with E-state index in [0.29, 0.717) is 13.2 Å². The van der Waals surface area contributed by atoms with Gasteiger partial charge in [0.05, 0.1) is 6.54 Å². The highest BCUT2D eigenvalue weighted by Crippen LogP contribution is 2.00. The van der Waals surface area contributed by atoms with Crippen molar-refractivity contribution in [3.05, 3.63) is 66.0 Å². The summed E-state index contributed by atoms with van der Waals surface area (Å²) in [5, 5.41) is 3.02. The maximum absolute atomic E-state index is 11.5. The van der Waals surface area contributed by atoms with Gasteiger partial charge in [-0.3, -0.25) is 9.78 Å². The lowest BCUT2D eigenvalue weighted by Crippen LogP contribution is -2.24. The van der Waals surface area contributed by atoms with Crippen LogP contribution in [-0.2, 0) is 22.7 Å². The summed E-state index contributed by atoms with van der Waals surface area (Å²) < 4.78 is 5.15. The summed E-state index contributed by atoms with van der Waals surface area (Å²) in [6.45, 7) is 1.12. The Balaban J connectivity index is 1.65. The van der Waals surface area contributed by atoms with E-state index in [2.05, 4.69) is 10.3 Å². The van der Waals surface area contributed by atoms with E-state index in [-0.39, 0.29) is 12.5 Å². The number of nitrogens with one attached hydrogen (secondary N) is 1. The molecule has 98 valence electrons. The van der Waals surface area contributed by atoms with E-state index < -0.39 is 0 Å². The van der Waals surface area contributed by atoms with Gasteiger partial charge in [0, 0.05) is 18.9 Å². The van der Waals surface area contributed by atoms with Crippen LogP contribution in [0.5, 0.6) is 0 Å². The number of carbonyl (C=O) groups is 1. The van der Waals surface area contributed by atoms with Crippen molar-refractivity contribution in [3.63, 3.8) is 0 Å². The Morgan fingerprint density at radius 1 is 1.11 bits per heavy atom. The van der Waals surface area contributed by atoms with Gasteiger partial charge in [-0.2, -0.15) is 0 Å². The number of nitrogens with zero attached hydrogens (tertiary/aromatic N) is 1. The minimum absolute atomic E-state index is 0.196. The minimum Gasteiger partial charge on any atom is -0.460 e. The molecule has 2 rings (SSSR count). The molecule has 1 heterocycles. The molecule has 0 fully saturated rings. The molecule has 0 aliphatic carbocycles. The first-order valence-corrected chi connectivity index (χ1v) is 6.14. The summed E-state index contributed by atoms with van der Waals surface area (Å²) in [6, 6.07) is 13.4. The van der Waals surface area contributed by atoms with Gasteiger partial charge in [0.1, 0.15) is 6.61 Å². The van der Waals surface area contributed by atoms with Crippen molar-refractivity contribution in [2.24, 2.45) is 0 Å². The fourth-order valence-corrected chi connectivity index (χ4v) is 1.60. The molecule has 0 atom stereocenters. The number of esters is 1. The second-order valence-corrected chi connectivity index (χ2v) is 4.11. The molecule has 19 heavy (non-hydrogen) atoms. The minimum atomic E-state index is -0.257. The van der Waals surface area contributed by atoms with Gasteiger partial charge < -0.3 is 10.1 Å². The van der Waals surface area contributed by atoms with Crippen molar-refractivity contribution in [3.8, 4) is 0 Å². The SMILES string of the molecule is O=C(CNCc1cccnc1)OCc1ccccc1. The predicted molar refractivity (Wildman–Crippen MR) is 72.2 cm³/mol. The topological polar surface area (TPSA) is 51.2 Å². The molecular formula is C15H16N2O2. The molecule has 0 aliphatic rings. The first-order valence-electron chi connectivity index (χ1n) is 6.14. The van der Waals surface area contributed by atoms with Crippen LogP contribution in [-0.4, -0.2) is 17.5 Å². The molecule has 0 spiro atoms. The number of ether oxygens (including phenoxy) is 1. The lowest BCUT2D eigenvalue weighted by molar-refractivity contribution is -0.143. The maximum Gasteiger partial charge on any atom is 0.320 e. The number of carbonyl (C=O) groups excluding carboxylic acids is 1. The number of hydrogen-bond donors (Lipinski definition) is 1. The molecule has 0 unspecified atom stereocenters. The Labute approximate surface area is 112 Å². The van der Waals surface area contributed by atoms with Gasteiger partial charge in [-0.05, 0) is 17.2 Å². The average Bonchev–Trinajstić information content (AvgIpc) is 2.47. The number of aromatic nitrogens is 1. The highest BCUT2D eigenvalue weighted by molar-refractivity contribution is 5.71. The summed E-state index contributed by atoms with van der Waals surface area (Å²) in [5.74, 6) is -0.257. The molecule has 1 N–H and O–H groups in total. The molecule has 0 bridgehead atoms. The molecule has 2 aromatic rings. The van der Waals surface area contributed by atoms with Crippen molar-refractivity contribution in [2.75, 3.05) is 6.54 Å².